The smallest absolute Gasteiger partial charge is 0.252 e. The first-order chi connectivity index (χ1) is 10.0. The molecule has 21 heavy (non-hydrogen) atoms. The van der Waals surface area contributed by atoms with Crippen LogP contribution in [-0.2, 0) is 9.53 Å². The van der Waals surface area contributed by atoms with Crippen molar-refractivity contribution in [2.45, 2.75) is 19.9 Å². The number of nitrogens with zero attached hydrogens (tertiary/aromatic N) is 1. The minimum Gasteiger partial charge on any atom is -0.378 e. The van der Waals surface area contributed by atoms with Crippen LogP contribution in [0, 0.1) is 6.92 Å². The van der Waals surface area contributed by atoms with Crippen LogP contribution in [-0.4, -0.2) is 49.1 Å². The maximum Gasteiger partial charge on any atom is 0.252 e. The number of rotatable bonds is 3. The number of hydrogen-bond acceptors (Lipinski definition) is 3. The zero-order valence-corrected chi connectivity index (χ0v) is 13.8. The standard InChI is InChI=1S/C15H19BrN2O3/c1-10-12(4-3-5-13(10)16)14(19)17-11(2)15(20)18-6-8-21-9-7-18/h3-5,11H,6-9H2,1-2H3,(H,17,19). The molecule has 1 fully saturated rings. The summed E-state index contributed by atoms with van der Waals surface area (Å²) in [7, 11) is 0. The number of nitrogens with one attached hydrogen (secondary N) is 1. The molecule has 114 valence electrons. The normalized spacial score (nSPS) is 16.4. The topological polar surface area (TPSA) is 58.6 Å². The number of carbonyl (C=O) groups is 2. The molecular weight excluding hydrogens is 336 g/mol. The van der Waals surface area contributed by atoms with Crippen molar-refractivity contribution in [3.63, 3.8) is 0 Å². The van der Waals surface area contributed by atoms with E-state index in [0.29, 0.717) is 31.9 Å². The third-order valence-electron chi connectivity index (χ3n) is 3.55. The summed E-state index contributed by atoms with van der Waals surface area (Å²) in [6.45, 7) is 5.84. The summed E-state index contributed by atoms with van der Waals surface area (Å²) >= 11 is 3.40. The van der Waals surface area contributed by atoms with E-state index in [1.807, 2.05) is 13.0 Å². The van der Waals surface area contributed by atoms with Gasteiger partial charge in [-0.3, -0.25) is 9.59 Å². The summed E-state index contributed by atoms with van der Waals surface area (Å²) < 4.78 is 6.10. The fourth-order valence-electron chi connectivity index (χ4n) is 2.25. The van der Waals surface area contributed by atoms with Crippen LogP contribution in [0.3, 0.4) is 0 Å². The predicted molar refractivity (Wildman–Crippen MR) is 83.2 cm³/mol. The number of morpholine rings is 1. The molecule has 1 aromatic carbocycles. The molecule has 0 aliphatic carbocycles. The Morgan fingerprint density at radius 3 is 2.67 bits per heavy atom. The van der Waals surface area contributed by atoms with Gasteiger partial charge in [-0.1, -0.05) is 22.0 Å². The molecule has 0 radical (unpaired) electrons. The van der Waals surface area contributed by atoms with Crippen LogP contribution in [0.4, 0.5) is 0 Å². The minimum absolute atomic E-state index is 0.0701. The van der Waals surface area contributed by atoms with Gasteiger partial charge in [-0.05, 0) is 31.5 Å². The van der Waals surface area contributed by atoms with Crippen LogP contribution in [0.5, 0.6) is 0 Å². The van der Waals surface area contributed by atoms with E-state index in [1.54, 1.807) is 24.0 Å². The van der Waals surface area contributed by atoms with Crippen molar-refractivity contribution in [1.29, 1.82) is 0 Å². The Hall–Kier alpha value is -1.40. The van der Waals surface area contributed by atoms with Crippen molar-refractivity contribution in [2.24, 2.45) is 0 Å². The van der Waals surface area contributed by atoms with E-state index in [2.05, 4.69) is 21.2 Å². The molecule has 0 saturated carbocycles. The number of carbonyl (C=O) groups excluding carboxylic acids is 2. The molecule has 6 heteroatoms. The summed E-state index contributed by atoms with van der Waals surface area (Å²) in [5.74, 6) is -0.304. The predicted octanol–water partition coefficient (Wildman–Crippen LogP) is 1.73. The van der Waals surface area contributed by atoms with E-state index in [9.17, 15) is 9.59 Å². The Bertz CT molecular complexity index is 542. The Kier molecular flexibility index (Phi) is 5.36. The van der Waals surface area contributed by atoms with Gasteiger partial charge < -0.3 is 15.0 Å². The maximum absolute atomic E-state index is 12.3. The quantitative estimate of drug-likeness (QED) is 0.899. The van der Waals surface area contributed by atoms with Gasteiger partial charge in [0, 0.05) is 23.1 Å². The monoisotopic (exact) mass is 354 g/mol. The van der Waals surface area contributed by atoms with E-state index < -0.39 is 6.04 Å². The van der Waals surface area contributed by atoms with Crippen LogP contribution < -0.4 is 5.32 Å². The first-order valence-corrected chi connectivity index (χ1v) is 7.72. The number of ether oxygens (including phenoxy) is 1. The highest BCUT2D eigenvalue weighted by molar-refractivity contribution is 9.10. The summed E-state index contributed by atoms with van der Waals surface area (Å²) in [6.07, 6.45) is 0. The van der Waals surface area contributed by atoms with Gasteiger partial charge in [0.15, 0.2) is 0 Å². The van der Waals surface area contributed by atoms with Crippen molar-refractivity contribution < 1.29 is 14.3 Å². The number of amides is 2. The Labute approximate surface area is 132 Å². The molecule has 1 unspecified atom stereocenters. The number of halogens is 1. The fourth-order valence-corrected chi connectivity index (χ4v) is 2.61. The second-order valence-electron chi connectivity index (χ2n) is 5.05. The molecule has 2 amide bonds. The Balaban J connectivity index is 2.01. The highest BCUT2D eigenvalue weighted by Gasteiger charge is 2.24. The molecule has 1 heterocycles. The van der Waals surface area contributed by atoms with E-state index in [4.69, 9.17) is 4.74 Å². The molecule has 2 rings (SSSR count). The van der Waals surface area contributed by atoms with Crippen LogP contribution in [0.2, 0.25) is 0 Å². The van der Waals surface area contributed by atoms with Crippen molar-refractivity contribution in [3.8, 4) is 0 Å². The molecule has 1 aromatic rings. The second kappa shape index (κ2) is 7.04. The lowest BCUT2D eigenvalue weighted by atomic mass is 10.1. The Morgan fingerprint density at radius 2 is 2.00 bits per heavy atom. The van der Waals surface area contributed by atoms with E-state index in [1.165, 1.54) is 0 Å². The van der Waals surface area contributed by atoms with Crippen LogP contribution in [0.25, 0.3) is 0 Å². The summed E-state index contributed by atoms with van der Waals surface area (Å²) in [6, 6.07) is 4.89. The zero-order valence-electron chi connectivity index (χ0n) is 12.2. The maximum atomic E-state index is 12.3. The van der Waals surface area contributed by atoms with Crippen molar-refractivity contribution in [2.75, 3.05) is 26.3 Å². The highest BCUT2D eigenvalue weighted by Crippen LogP contribution is 2.19. The molecule has 0 bridgehead atoms. The van der Waals surface area contributed by atoms with Gasteiger partial charge in [0.2, 0.25) is 5.91 Å². The first-order valence-electron chi connectivity index (χ1n) is 6.93. The average Bonchev–Trinajstić information content (AvgIpc) is 2.50. The molecule has 1 saturated heterocycles. The molecule has 5 nitrogen and oxygen atoms in total. The molecule has 1 aliphatic rings. The second-order valence-corrected chi connectivity index (χ2v) is 5.90. The summed E-state index contributed by atoms with van der Waals surface area (Å²) in [4.78, 5) is 26.3. The van der Waals surface area contributed by atoms with Crippen LogP contribution >= 0.6 is 15.9 Å². The van der Waals surface area contributed by atoms with Gasteiger partial charge in [-0.15, -0.1) is 0 Å². The third kappa shape index (κ3) is 3.83. The Morgan fingerprint density at radius 1 is 1.33 bits per heavy atom. The summed E-state index contributed by atoms with van der Waals surface area (Å²) in [5, 5.41) is 2.77. The van der Waals surface area contributed by atoms with E-state index in [0.717, 1.165) is 10.0 Å². The van der Waals surface area contributed by atoms with Gasteiger partial charge in [0.05, 0.1) is 13.2 Å². The molecule has 1 atom stereocenters. The fraction of sp³-hybridized carbons (Fsp3) is 0.467. The van der Waals surface area contributed by atoms with E-state index >= 15 is 0 Å². The lowest BCUT2D eigenvalue weighted by molar-refractivity contribution is -0.136. The lowest BCUT2D eigenvalue weighted by Gasteiger charge is -2.29. The first kappa shape index (κ1) is 16.0. The van der Waals surface area contributed by atoms with Gasteiger partial charge in [0.25, 0.3) is 5.91 Å². The van der Waals surface area contributed by atoms with Crippen molar-refractivity contribution >= 4 is 27.7 Å². The third-order valence-corrected chi connectivity index (χ3v) is 4.41. The number of benzene rings is 1. The van der Waals surface area contributed by atoms with Crippen molar-refractivity contribution in [3.05, 3.63) is 33.8 Å². The zero-order chi connectivity index (χ0) is 15.4. The van der Waals surface area contributed by atoms with Gasteiger partial charge in [0.1, 0.15) is 6.04 Å². The van der Waals surface area contributed by atoms with E-state index in [-0.39, 0.29) is 11.8 Å². The molecule has 1 aliphatic heterocycles. The summed E-state index contributed by atoms with van der Waals surface area (Å²) in [5.41, 5.74) is 1.44. The van der Waals surface area contributed by atoms with Gasteiger partial charge in [-0.25, -0.2) is 0 Å². The van der Waals surface area contributed by atoms with Crippen LogP contribution in [0.15, 0.2) is 22.7 Å². The largest absolute Gasteiger partial charge is 0.378 e. The molecule has 0 spiro atoms. The average molecular weight is 355 g/mol. The SMILES string of the molecule is Cc1c(Br)cccc1C(=O)NC(C)C(=O)N1CCOCC1. The molecule has 1 N–H and O–H groups in total. The highest BCUT2D eigenvalue weighted by atomic mass is 79.9. The number of hydrogen-bond donors (Lipinski definition) is 1. The van der Waals surface area contributed by atoms with Gasteiger partial charge >= 0.3 is 0 Å². The van der Waals surface area contributed by atoms with Gasteiger partial charge in [-0.2, -0.15) is 0 Å². The minimum atomic E-state index is -0.547. The molecule has 0 aromatic heterocycles. The lowest BCUT2D eigenvalue weighted by Crippen LogP contribution is -2.50. The molecular formula is C15H19BrN2O3. The van der Waals surface area contributed by atoms with Crippen molar-refractivity contribution in [1.82, 2.24) is 10.2 Å². The van der Waals surface area contributed by atoms with Crippen LogP contribution in [0.1, 0.15) is 22.8 Å².